The van der Waals surface area contributed by atoms with Gasteiger partial charge < -0.3 is 9.47 Å². The molecule has 0 amide bonds. The summed E-state index contributed by atoms with van der Waals surface area (Å²) >= 11 is 0. The summed E-state index contributed by atoms with van der Waals surface area (Å²) in [5.41, 5.74) is 2.22. The van der Waals surface area contributed by atoms with Gasteiger partial charge in [-0.15, -0.1) is 0 Å². The van der Waals surface area contributed by atoms with Gasteiger partial charge >= 0.3 is 5.97 Å². The first kappa shape index (κ1) is 22.7. The van der Waals surface area contributed by atoms with Crippen LogP contribution in [-0.4, -0.2) is 12.6 Å². The highest BCUT2D eigenvalue weighted by Crippen LogP contribution is 2.16. The van der Waals surface area contributed by atoms with E-state index in [1.54, 1.807) is 6.08 Å². The summed E-state index contributed by atoms with van der Waals surface area (Å²) in [6.07, 6.45) is 12.7. The summed E-state index contributed by atoms with van der Waals surface area (Å²) in [4.78, 5) is 12.1. The lowest BCUT2D eigenvalue weighted by molar-refractivity contribution is -0.128. The van der Waals surface area contributed by atoms with Gasteiger partial charge in [0.05, 0.1) is 6.61 Å². The Labute approximate surface area is 175 Å². The normalized spacial score (nSPS) is 11.0. The molecule has 0 heterocycles. The molecule has 2 rings (SSSR count). The molecule has 0 N–H and O–H groups in total. The molecule has 0 radical (unpaired) electrons. The maximum atomic E-state index is 12.1. The number of esters is 1. The average molecular weight is 395 g/mol. The van der Waals surface area contributed by atoms with Gasteiger partial charge in [-0.3, -0.25) is 0 Å². The number of rotatable bonds is 13. The van der Waals surface area contributed by atoms with Gasteiger partial charge in [-0.2, -0.15) is 0 Å². The molecule has 156 valence electrons. The predicted molar refractivity (Wildman–Crippen MR) is 120 cm³/mol. The third kappa shape index (κ3) is 9.47. The fourth-order valence-corrected chi connectivity index (χ4v) is 3.01. The van der Waals surface area contributed by atoms with E-state index in [2.05, 4.69) is 13.8 Å². The molecule has 3 nitrogen and oxygen atoms in total. The van der Waals surface area contributed by atoms with Crippen LogP contribution < -0.4 is 9.47 Å². The second-order valence-corrected chi connectivity index (χ2v) is 7.33. The minimum atomic E-state index is -0.374. The molecular weight excluding hydrogens is 360 g/mol. The zero-order chi connectivity index (χ0) is 20.7. The van der Waals surface area contributed by atoms with Crippen LogP contribution in [0.3, 0.4) is 0 Å². The summed E-state index contributed by atoms with van der Waals surface area (Å²) in [5.74, 6) is 1.06. The largest absolute Gasteiger partial charge is 0.494 e. The average Bonchev–Trinajstić information content (AvgIpc) is 2.75. The molecule has 3 heteroatoms. The van der Waals surface area contributed by atoms with E-state index in [0.29, 0.717) is 5.75 Å². The Balaban J connectivity index is 1.75. The second kappa shape index (κ2) is 13.6. The number of benzene rings is 2. The number of aryl methyl sites for hydroxylation is 1. The zero-order valence-corrected chi connectivity index (χ0v) is 17.9. The van der Waals surface area contributed by atoms with E-state index in [-0.39, 0.29) is 5.97 Å². The van der Waals surface area contributed by atoms with Crippen LogP contribution in [0.25, 0.3) is 6.08 Å². The molecule has 0 aromatic heterocycles. The molecule has 0 spiro atoms. The number of carbonyl (C=O) groups is 1. The molecule has 0 unspecified atom stereocenters. The first-order valence-electron chi connectivity index (χ1n) is 10.9. The van der Waals surface area contributed by atoms with Crippen molar-refractivity contribution in [3.05, 3.63) is 65.7 Å². The van der Waals surface area contributed by atoms with Gasteiger partial charge in [-0.25, -0.2) is 4.79 Å². The SMILES string of the molecule is CCCCCCc1ccc(OC(=O)C=Cc2ccc(OCCCCC)cc2)cc1. The highest BCUT2D eigenvalue weighted by atomic mass is 16.5. The molecule has 0 aliphatic heterocycles. The summed E-state index contributed by atoms with van der Waals surface area (Å²) in [6.45, 7) is 5.14. The van der Waals surface area contributed by atoms with E-state index in [1.165, 1.54) is 50.2 Å². The Bertz CT molecular complexity index is 730. The minimum absolute atomic E-state index is 0.374. The Morgan fingerprint density at radius 2 is 1.45 bits per heavy atom. The summed E-state index contributed by atoms with van der Waals surface area (Å²) in [6, 6.07) is 15.5. The monoisotopic (exact) mass is 394 g/mol. The molecule has 0 saturated carbocycles. The smallest absolute Gasteiger partial charge is 0.336 e. The Morgan fingerprint density at radius 1 is 0.793 bits per heavy atom. The molecule has 0 aliphatic carbocycles. The summed E-state index contributed by atoms with van der Waals surface area (Å²) in [7, 11) is 0. The van der Waals surface area contributed by atoms with Gasteiger partial charge in [0.2, 0.25) is 0 Å². The lowest BCUT2D eigenvalue weighted by atomic mass is 10.1. The number of ether oxygens (including phenoxy) is 2. The molecule has 0 bridgehead atoms. The Hall–Kier alpha value is -2.55. The first-order valence-corrected chi connectivity index (χ1v) is 10.9. The van der Waals surface area contributed by atoms with E-state index in [1.807, 2.05) is 48.5 Å². The number of carbonyl (C=O) groups excluding carboxylic acids is 1. The van der Waals surface area contributed by atoms with Gasteiger partial charge in [0.25, 0.3) is 0 Å². The molecule has 0 aliphatic rings. The third-order valence-electron chi connectivity index (χ3n) is 4.77. The molecule has 2 aromatic rings. The van der Waals surface area contributed by atoms with Crippen molar-refractivity contribution in [3.63, 3.8) is 0 Å². The number of hydrogen-bond donors (Lipinski definition) is 0. The lowest BCUT2D eigenvalue weighted by Gasteiger charge is -2.06. The van der Waals surface area contributed by atoms with Crippen molar-refractivity contribution in [1.82, 2.24) is 0 Å². The van der Waals surface area contributed by atoms with Crippen LogP contribution in [0.4, 0.5) is 0 Å². The highest BCUT2D eigenvalue weighted by molar-refractivity contribution is 5.88. The van der Waals surface area contributed by atoms with Crippen LogP contribution in [0, 0.1) is 0 Å². The van der Waals surface area contributed by atoms with Crippen LogP contribution in [0.2, 0.25) is 0 Å². The maximum Gasteiger partial charge on any atom is 0.336 e. The Morgan fingerprint density at radius 3 is 2.14 bits per heavy atom. The molecule has 0 saturated heterocycles. The van der Waals surface area contributed by atoms with Crippen molar-refractivity contribution in [3.8, 4) is 11.5 Å². The zero-order valence-electron chi connectivity index (χ0n) is 17.9. The van der Waals surface area contributed by atoms with Crippen LogP contribution in [0.5, 0.6) is 11.5 Å². The maximum absolute atomic E-state index is 12.1. The fraction of sp³-hybridized carbons (Fsp3) is 0.423. The van der Waals surface area contributed by atoms with E-state index in [9.17, 15) is 4.79 Å². The van der Waals surface area contributed by atoms with Crippen LogP contribution in [-0.2, 0) is 11.2 Å². The van der Waals surface area contributed by atoms with Crippen molar-refractivity contribution in [2.24, 2.45) is 0 Å². The van der Waals surface area contributed by atoms with Gasteiger partial charge in [0, 0.05) is 6.08 Å². The molecule has 2 aromatic carbocycles. The van der Waals surface area contributed by atoms with Crippen LogP contribution >= 0.6 is 0 Å². The topological polar surface area (TPSA) is 35.5 Å². The van der Waals surface area contributed by atoms with Crippen molar-refractivity contribution < 1.29 is 14.3 Å². The fourth-order valence-electron chi connectivity index (χ4n) is 3.01. The van der Waals surface area contributed by atoms with E-state index < -0.39 is 0 Å². The third-order valence-corrected chi connectivity index (χ3v) is 4.77. The number of unbranched alkanes of at least 4 members (excludes halogenated alkanes) is 5. The van der Waals surface area contributed by atoms with Crippen molar-refractivity contribution in [2.75, 3.05) is 6.61 Å². The predicted octanol–water partition coefficient (Wildman–Crippen LogP) is 7.00. The Kier molecular flexibility index (Phi) is 10.7. The van der Waals surface area contributed by atoms with Gasteiger partial charge in [0.15, 0.2) is 0 Å². The molecule has 0 atom stereocenters. The van der Waals surface area contributed by atoms with E-state index in [0.717, 1.165) is 30.8 Å². The molecular formula is C26H34O3. The van der Waals surface area contributed by atoms with Gasteiger partial charge in [-0.05, 0) is 60.7 Å². The van der Waals surface area contributed by atoms with Crippen molar-refractivity contribution in [1.29, 1.82) is 0 Å². The lowest BCUT2D eigenvalue weighted by Crippen LogP contribution is -2.03. The molecule has 29 heavy (non-hydrogen) atoms. The minimum Gasteiger partial charge on any atom is -0.494 e. The first-order chi connectivity index (χ1) is 14.2. The summed E-state index contributed by atoms with van der Waals surface area (Å²) in [5, 5.41) is 0. The van der Waals surface area contributed by atoms with E-state index in [4.69, 9.17) is 9.47 Å². The van der Waals surface area contributed by atoms with Gasteiger partial charge in [-0.1, -0.05) is 70.2 Å². The van der Waals surface area contributed by atoms with E-state index >= 15 is 0 Å². The number of hydrogen-bond acceptors (Lipinski definition) is 3. The molecule has 0 fully saturated rings. The van der Waals surface area contributed by atoms with Crippen LogP contribution in [0.15, 0.2) is 54.6 Å². The van der Waals surface area contributed by atoms with Crippen molar-refractivity contribution >= 4 is 12.0 Å². The quantitative estimate of drug-likeness (QED) is 0.159. The standard InChI is InChI=1S/C26H34O3/c1-3-5-7-8-10-22-13-18-25(19-14-22)29-26(27)20-15-23-11-16-24(17-12-23)28-21-9-6-4-2/h11-20H,3-10,21H2,1-2H3. The summed E-state index contributed by atoms with van der Waals surface area (Å²) < 4.78 is 11.1. The van der Waals surface area contributed by atoms with Crippen molar-refractivity contribution in [2.45, 2.75) is 65.2 Å². The highest BCUT2D eigenvalue weighted by Gasteiger charge is 2.02. The van der Waals surface area contributed by atoms with Gasteiger partial charge in [0.1, 0.15) is 11.5 Å². The second-order valence-electron chi connectivity index (χ2n) is 7.33. The van der Waals surface area contributed by atoms with Crippen LogP contribution in [0.1, 0.15) is 69.9 Å².